The first-order valence-electron chi connectivity index (χ1n) is 10.2. The Kier molecular flexibility index (Phi) is 8.55. The van der Waals surface area contributed by atoms with E-state index in [0.29, 0.717) is 12.8 Å². The second kappa shape index (κ2) is 10.9. The highest BCUT2D eigenvalue weighted by atomic mass is 19.1. The summed E-state index contributed by atoms with van der Waals surface area (Å²) in [7, 11) is 0. The van der Waals surface area contributed by atoms with Crippen molar-refractivity contribution in [3.63, 3.8) is 0 Å². The molecule has 150 valence electrons. The molecule has 0 radical (unpaired) electrons. The number of anilines is 2. The molecule has 27 heavy (non-hydrogen) atoms. The topological polar surface area (TPSA) is 52.7 Å². The second-order valence-electron chi connectivity index (χ2n) is 7.11. The number of para-hydroxylation sites is 1. The monoisotopic (exact) mass is 377 g/mol. The van der Waals surface area contributed by atoms with Crippen LogP contribution in [-0.2, 0) is 9.59 Å². The van der Waals surface area contributed by atoms with Crippen molar-refractivity contribution in [1.29, 1.82) is 0 Å². The lowest BCUT2D eigenvalue weighted by Gasteiger charge is -2.22. The van der Waals surface area contributed by atoms with Crippen LogP contribution < -0.4 is 10.2 Å². The van der Waals surface area contributed by atoms with Crippen LogP contribution in [0, 0.1) is 5.82 Å². The Morgan fingerprint density at radius 3 is 2.41 bits per heavy atom. The van der Waals surface area contributed by atoms with Crippen molar-refractivity contribution in [3.8, 4) is 0 Å². The molecule has 1 fully saturated rings. The first kappa shape index (κ1) is 21.2. The lowest BCUT2D eigenvalue weighted by atomic mass is 10.2. The molecular weight excluding hydrogens is 345 g/mol. The number of nitrogens with one attached hydrogen (secondary N) is 1. The predicted molar refractivity (Wildman–Crippen MR) is 107 cm³/mol. The van der Waals surface area contributed by atoms with E-state index in [-0.39, 0.29) is 23.9 Å². The number of carbonyl (C=O) groups excluding carboxylic acids is 2. The average molecular weight is 378 g/mol. The number of hydrogen-bond donors (Lipinski definition) is 1. The van der Waals surface area contributed by atoms with Crippen LogP contribution in [0.5, 0.6) is 0 Å². The highest BCUT2D eigenvalue weighted by molar-refractivity contribution is 5.94. The van der Waals surface area contributed by atoms with Crippen LogP contribution >= 0.6 is 0 Å². The Morgan fingerprint density at radius 1 is 1.11 bits per heavy atom. The lowest BCUT2D eigenvalue weighted by molar-refractivity contribution is -0.131. The number of amides is 2. The molecule has 0 saturated carbocycles. The summed E-state index contributed by atoms with van der Waals surface area (Å²) in [6, 6.07) is 4.89. The first-order valence-corrected chi connectivity index (χ1v) is 10.2. The van der Waals surface area contributed by atoms with Gasteiger partial charge in [0.2, 0.25) is 11.8 Å². The summed E-state index contributed by atoms with van der Waals surface area (Å²) in [5.41, 5.74) is 1.00. The normalized spacial score (nSPS) is 13.7. The largest absolute Gasteiger partial charge is 0.370 e. The quantitative estimate of drug-likeness (QED) is 0.665. The number of hydrogen-bond acceptors (Lipinski definition) is 3. The Balaban J connectivity index is 1.88. The van der Waals surface area contributed by atoms with Crippen LogP contribution in [0.15, 0.2) is 18.2 Å². The van der Waals surface area contributed by atoms with Crippen LogP contribution in [0.2, 0.25) is 0 Å². The smallest absolute Gasteiger partial charge is 0.224 e. The van der Waals surface area contributed by atoms with Gasteiger partial charge in [0.05, 0.1) is 5.69 Å². The summed E-state index contributed by atoms with van der Waals surface area (Å²) in [6.45, 7) is 7.38. The number of rotatable bonds is 10. The third-order valence-electron chi connectivity index (χ3n) is 4.84. The molecule has 2 amide bonds. The van der Waals surface area contributed by atoms with Crippen LogP contribution in [0.1, 0.15) is 58.8 Å². The van der Waals surface area contributed by atoms with E-state index in [2.05, 4.69) is 24.1 Å². The summed E-state index contributed by atoms with van der Waals surface area (Å²) in [6.07, 6.45) is 5.06. The van der Waals surface area contributed by atoms with E-state index in [9.17, 15) is 14.0 Å². The molecule has 1 aliphatic rings. The SMILES string of the molecule is CCCN(CCC)C(=O)CCCC(=O)Nc1c(F)cccc1N1CCCC1. The summed E-state index contributed by atoms with van der Waals surface area (Å²) in [5, 5.41) is 2.73. The summed E-state index contributed by atoms with van der Waals surface area (Å²) in [4.78, 5) is 28.6. The zero-order valence-corrected chi connectivity index (χ0v) is 16.6. The molecule has 0 unspecified atom stereocenters. The highest BCUT2D eigenvalue weighted by Gasteiger charge is 2.20. The van der Waals surface area contributed by atoms with Gasteiger partial charge in [0.1, 0.15) is 11.5 Å². The minimum Gasteiger partial charge on any atom is -0.370 e. The molecule has 0 aliphatic carbocycles. The van der Waals surface area contributed by atoms with Crippen LogP contribution in [0.25, 0.3) is 0 Å². The fourth-order valence-corrected chi connectivity index (χ4v) is 3.52. The molecule has 6 heteroatoms. The Bertz CT molecular complexity index is 624. The van der Waals surface area contributed by atoms with Crippen LogP contribution in [0.3, 0.4) is 0 Å². The van der Waals surface area contributed by atoms with E-state index in [1.54, 1.807) is 6.07 Å². The van der Waals surface area contributed by atoms with E-state index in [1.807, 2.05) is 11.0 Å². The molecule has 0 aromatic heterocycles. The van der Waals surface area contributed by atoms with E-state index in [0.717, 1.165) is 57.5 Å². The first-order chi connectivity index (χ1) is 13.1. The van der Waals surface area contributed by atoms with Crippen LogP contribution in [0.4, 0.5) is 15.8 Å². The molecule has 1 N–H and O–H groups in total. The van der Waals surface area contributed by atoms with Gasteiger partial charge in [0, 0.05) is 39.0 Å². The van der Waals surface area contributed by atoms with Gasteiger partial charge >= 0.3 is 0 Å². The van der Waals surface area contributed by atoms with Crippen molar-refractivity contribution in [1.82, 2.24) is 4.90 Å². The maximum atomic E-state index is 14.3. The van der Waals surface area contributed by atoms with Gasteiger partial charge in [-0.1, -0.05) is 19.9 Å². The third kappa shape index (κ3) is 6.22. The van der Waals surface area contributed by atoms with Crippen molar-refractivity contribution in [2.45, 2.75) is 58.8 Å². The van der Waals surface area contributed by atoms with Gasteiger partial charge in [0.25, 0.3) is 0 Å². The zero-order chi connectivity index (χ0) is 19.6. The van der Waals surface area contributed by atoms with Gasteiger partial charge in [-0.3, -0.25) is 9.59 Å². The minimum absolute atomic E-state index is 0.0927. The maximum absolute atomic E-state index is 14.3. The van der Waals surface area contributed by atoms with Crippen molar-refractivity contribution >= 4 is 23.2 Å². The zero-order valence-electron chi connectivity index (χ0n) is 16.6. The molecule has 1 aliphatic heterocycles. The van der Waals surface area contributed by atoms with Crippen molar-refractivity contribution < 1.29 is 14.0 Å². The summed E-state index contributed by atoms with van der Waals surface area (Å²) >= 11 is 0. The van der Waals surface area contributed by atoms with Crippen molar-refractivity contribution in [2.24, 2.45) is 0 Å². The number of nitrogens with zero attached hydrogens (tertiary/aromatic N) is 2. The molecular formula is C21H32FN3O2. The van der Waals surface area contributed by atoms with Crippen molar-refractivity contribution in [3.05, 3.63) is 24.0 Å². The fraction of sp³-hybridized carbons (Fsp3) is 0.619. The van der Waals surface area contributed by atoms with Gasteiger partial charge in [-0.15, -0.1) is 0 Å². The predicted octanol–water partition coefficient (Wildman–Crippen LogP) is 4.18. The molecule has 1 heterocycles. The Labute approximate surface area is 161 Å². The minimum atomic E-state index is -0.416. The molecule has 0 bridgehead atoms. The average Bonchev–Trinajstić information content (AvgIpc) is 3.17. The van der Waals surface area contributed by atoms with Gasteiger partial charge in [-0.05, 0) is 44.2 Å². The molecule has 1 aromatic carbocycles. The van der Waals surface area contributed by atoms with Gasteiger partial charge in [0.15, 0.2) is 0 Å². The second-order valence-corrected chi connectivity index (χ2v) is 7.11. The fourth-order valence-electron chi connectivity index (χ4n) is 3.52. The molecule has 1 aromatic rings. The van der Waals surface area contributed by atoms with E-state index < -0.39 is 5.82 Å². The molecule has 1 saturated heterocycles. The standard InChI is InChI=1S/C21H32FN3O2/c1-3-13-25(14-4-2)20(27)12-8-11-19(26)23-21-17(22)9-7-10-18(21)24-15-5-6-16-24/h7,9-10H,3-6,8,11-16H2,1-2H3,(H,23,26). The molecule has 5 nitrogen and oxygen atoms in total. The van der Waals surface area contributed by atoms with E-state index in [1.165, 1.54) is 6.07 Å². The number of benzene rings is 1. The molecule has 0 spiro atoms. The third-order valence-corrected chi connectivity index (χ3v) is 4.84. The van der Waals surface area contributed by atoms with Crippen molar-refractivity contribution in [2.75, 3.05) is 36.4 Å². The molecule has 0 atom stereocenters. The van der Waals surface area contributed by atoms with Crippen LogP contribution in [-0.4, -0.2) is 42.9 Å². The van der Waals surface area contributed by atoms with E-state index in [4.69, 9.17) is 0 Å². The summed E-state index contributed by atoms with van der Waals surface area (Å²) < 4.78 is 14.3. The van der Waals surface area contributed by atoms with Gasteiger partial charge in [-0.25, -0.2) is 4.39 Å². The van der Waals surface area contributed by atoms with Gasteiger partial charge in [-0.2, -0.15) is 0 Å². The number of carbonyl (C=O) groups is 2. The molecule has 2 rings (SSSR count). The Morgan fingerprint density at radius 2 is 1.78 bits per heavy atom. The van der Waals surface area contributed by atoms with Gasteiger partial charge < -0.3 is 15.1 Å². The Hall–Kier alpha value is -2.11. The van der Waals surface area contributed by atoms with E-state index >= 15 is 0 Å². The lowest BCUT2D eigenvalue weighted by Crippen LogP contribution is -2.32. The summed E-state index contributed by atoms with van der Waals surface area (Å²) in [5.74, 6) is -0.568. The number of halogens is 1. The maximum Gasteiger partial charge on any atom is 0.224 e. The highest BCUT2D eigenvalue weighted by Crippen LogP contribution is 2.31.